The quantitative estimate of drug-likeness (QED) is 0.504. The van der Waals surface area contributed by atoms with Crippen molar-refractivity contribution in [3.05, 3.63) is 0 Å². The Kier molecular flexibility index (Phi) is 9.30. The van der Waals surface area contributed by atoms with E-state index in [-0.39, 0.29) is 12.4 Å². The monoisotopic (exact) mass is 189 g/mol. The molecule has 0 amide bonds. The molecule has 13 heavy (non-hydrogen) atoms. The molecule has 0 unspecified atom stereocenters. The summed E-state index contributed by atoms with van der Waals surface area (Å²) in [7, 11) is 0. The fraction of sp³-hybridized carbons (Fsp3) is 0.889. The van der Waals surface area contributed by atoms with Gasteiger partial charge < -0.3 is 15.6 Å². The predicted octanol–water partition coefficient (Wildman–Crippen LogP) is 0.0835. The van der Waals surface area contributed by atoms with Gasteiger partial charge in [-0.05, 0) is 12.8 Å². The van der Waals surface area contributed by atoms with Gasteiger partial charge in [0.05, 0.1) is 6.61 Å². The highest BCUT2D eigenvalue weighted by Crippen LogP contribution is 1.98. The molecule has 0 spiro atoms. The molecule has 0 aliphatic heterocycles. The Labute approximate surface area is 79.1 Å². The summed E-state index contributed by atoms with van der Waals surface area (Å²) in [5.74, 6) is 0.199. The van der Waals surface area contributed by atoms with Crippen LogP contribution in [0.4, 0.5) is 0 Å². The van der Waals surface area contributed by atoms with Crippen LogP contribution in [0.5, 0.6) is 0 Å². The molecule has 4 heteroatoms. The largest absolute Gasteiger partial charge is 0.396 e. The third-order valence-electron chi connectivity index (χ3n) is 1.62. The van der Waals surface area contributed by atoms with Crippen molar-refractivity contribution in [2.24, 2.45) is 5.73 Å². The Morgan fingerprint density at radius 2 is 1.92 bits per heavy atom. The van der Waals surface area contributed by atoms with E-state index in [1.165, 1.54) is 0 Å². The average Bonchev–Trinajstić information content (AvgIpc) is 2.14. The van der Waals surface area contributed by atoms with Gasteiger partial charge in [0.2, 0.25) is 0 Å². The smallest absolute Gasteiger partial charge is 0.133 e. The normalized spacial score (nSPS) is 10.3. The molecule has 4 nitrogen and oxygen atoms in total. The molecule has 0 fully saturated rings. The maximum absolute atomic E-state index is 11.0. The van der Waals surface area contributed by atoms with E-state index in [0.717, 1.165) is 6.42 Å². The minimum atomic E-state index is 0.0927. The van der Waals surface area contributed by atoms with Crippen molar-refractivity contribution in [3.8, 4) is 0 Å². The molecule has 0 aromatic heterocycles. The van der Waals surface area contributed by atoms with Gasteiger partial charge >= 0.3 is 0 Å². The molecule has 0 saturated heterocycles. The Morgan fingerprint density at radius 1 is 1.23 bits per heavy atom. The van der Waals surface area contributed by atoms with Crippen LogP contribution in [0.15, 0.2) is 0 Å². The summed E-state index contributed by atoms with van der Waals surface area (Å²) < 4.78 is 5.11. The van der Waals surface area contributed by atoms with Crippen molar-refractivity contribution in [2.45, 2.75) is 25.7 Å². The van der Waals surface area contributed by atoms with Gasteiger partial charge in [0.25, 0.3) is 0 Å². The molecule has 0 aliphatic rings. The zero-order valence-corrected chi connectivity index (χ0v) is 8.00. The van der Waals surface area contributed by atoms with Crippen molar-refractivity contribution in [1.29, 1.82) is 0 Å². The van der Waals surface area contributed by atoms with Gasteiger partial charge in [-0.25, -0.2) is 0 Å². The maximum atomic E-state index is 11.0. The zero-order valence-electron chi connectivity index (χ0n) is 8.00. The second kappa shape index (κ2) is 9.64. The minimum absolute atomic E-state index is 0.0927. The molecular formula is C9H19NO3. The summed E-state index contributed by atoms with van der Waals surface area (Å²) in [4.78, 5) is 11.0. The lowest BCUT2D eigenvalue weighted by Crippen LogP contribution is -2.10. The van der Waals surface area contributed by atoms with Crippen molar-refractivity contribution in [2.75, 3.05) is 26.4 Å². The molecule has 0 aromatic rings. The summed E-state index contributed by atoms with van der Waals surface area (Å²) in [6.07, 6.45) is 2.35. The SMILES string of the molecule is NCCOCCCC(=O)CCCO. The number of aliphatic hydroxyl groups excluding tert-OH is 1. The first-order chi connectivity index (χ1) is 6.31. The number of hydrogen-bond donors (Lipinski definition) is 2. The number of Topliss-reactive ketones (excluding diaryl/α,β-unsaturated/α-hetero) is 1. The molecule has 0 radical (unpaired) electrons. The zero-order chi connectivity index (χ0) is 9.94. The van der Waals surface area contributed by atoms with E-state index in [9.17, 15) is 4.79 Å². The second-order valence-electron chi connectivity index (χ2n) is 2.87. The molecule has 0 bridgehead atoms. The van der Waals surface area contributed by atoms with Crippen LogP contribution in [0.2, 0.25) is 0 Å². The van der Waals surface area contributed by atoms with E-state index in [2.05, 4.69) is 0 Å². The summed E-state index contributed by atoms with van der Waals surface area (Å²) in [5.41, 5.74) is 5.22. The molecule has 0 heterocycles. The van der Waals surface area contributed by atoms with Crippen LogP contribution in [0.1, 0.15) is 25.7 Å². The van der Waals surface area contributed by atoms with Crippen LogP contribution >= 0.6 is 0 Å². The second-order valence-corrected chi connectivity index (χ2v) is 2.87. The highest BCUT2D eigenvalue weighted by Gasteiger charge is 2.00. The minimum Gasteiger partial charge on any atom is -0.396 e. The number of hydrogen-bond acceptors (Lipinski definition) is 4. The van der Waals surface area contributed by atoms with Crippen molar-refractivity contribution in [1.82, 2.24) is 0 Å². The van der Waals surface area contributed by atoms with E-state index >= 15 is 0 Å². The summed E-state index contributed by atoms with van der Waals surface area (Å²) >= 11 is 0. The predicted molar refractivity (Wildman–Crippen MR) is 50.4 cm³/mol. The number of carbonyl (C=O) groups excluding carboxylic acids is 1. The van der Waals surface area contributed by atoms with Crippen molar-refractivity contribution >= 4 is 5.78 Å². The number of carbonyl (C=O) groups is 1. The van der Waals surface area contributed by atoms with Gasteiger partial charge in [-0.1, -0.05) is 0 Å². The third kappa shape index (κ3) is 9.46. The highest BCUT2D eigenvalue weighted by atomic mass is 16.5. The molecule has 0 atom stereocenters. The van der Waals surface area contributed by atoms with Crippen molar-refractivity contribution in [3.63, 3.8) is 0 Å². The average molecular weight is 189 g/mol. The number of nitrogens with two attached hydrogens (primary N) is 1. The van der Waals surface area contributed by atoms with Gasteiger partial charge in [-0.2, -0.15) is 0 Å². The van der Waals surface area contributed by atoms with Crippen LogP contribution in [0.25, 0.3) is 0 Å². The Hall–Kier alpha value is -0.450. The van der Waals surface area contributed by atoms with E-state index < -0.39 is 0 Å². The fourth-order valence-corrected chi connectivity index (χ4v) is 0.958. The van der Waals surface area contributed by atoms with Crippen LogP contribution < -0.4 is 5.73 Å². The number of ketones is 1. The molecule has 0 rings (SSSR count). The Bertz CT molecular complexity index is 128. The Balaban J connectivity index is 3.08. The van der Waals surface area contributed by atoms with Crippen LogP contribution in [0, 0.1) is 0 Å². The molecule has 0 aromatic carbocycles. The Morgan fingerprint density at radius 3 is 2.54 bits per heavy atom. The topological polar surface area (TPSA) is 72.5 Å². The summed E-state index contributed by atoms with van der Waals surface area (Å²) in [5, 5.41) is 8.47. The van der Waals surface area contributed by atoms with Gasteiger partial charge in [-0.3, -0.25) is 4.79 Å². The lowest BCUT2D eigenvalue weighted by molar-refractivity contribution is -0.119. The molecule has 3 N–H and O–H groups in total. The summed E-state index contributed by atoms with van der Waals surface area (Å²) in [6.45, 7) is 1.78. The van der Waals surface area contributed by atoms with E-state index in [1.54, 1.807) is 0 Å². The molecule has 0 saturated carbocycles. The molecular weight excluding hydrogens is 170 g/mol. The van der Waals surface area contributed by atoms with Gasteiger partial charge in [0.15, 0.2) is 0 Å². The lowest BCUT2D eigenvalue weighted by atomic mass is 10.1. The number of ether oxygens (including phenoxy) is 1. The third-order valence-corrected chi connectivity index (χ3v) is 1.62. The van der Waals surface area contributed by atoms with Gasteiger partial charge in [-0.15, -0.1) is 0 Å². The first-order valence-electron chi connectivity index (χ1n) is 4.71. The standard InChI is InChI=1S/C9H19NO3/c10-5-8-13-7-2-4-9(12)3-1-6-11/h11H,1-8,10H2. The van der Waals surface area contributed by atoms with E-state index in [1.807, 2.05) is 0 Å². The molecule has 78 valence electrons. The fourth-order valence-electron chi connectivity index (χ4n) is 0.958. The van der Waals surface area contributed by atoms with Crippen LogP contribution in [-0.2, 0) is 9.53 Å². The van der Waals surface area contributed by atoms with Crippen molar-refractivity contribution < 1.29 is 14.6 Å². The van der Waals surface area contributed by atoms with E-state index in [0.29, 0.717) is 39.0 Å². The van der Waals surface area contributed by atoms with Gasteiger partial charge in [0, 0.05) is 32.6 Å². The summed E-state index contributed by atoms with van der Waals surface area (Å²) in [6, 6.07) is 0. The van der Waals surface area contributed by atoms with Crippen LogP contribution in [-0.4, -0.2) is 37.3 Å². The lowest BCUT2D eigenvalue weighted by Gasteiger charge is -2.01. The van der Waals surface area contributed by atoms with Gasteiger partial charge in [0.1, 0.15) is 5.78 Å². The first-order valence-corrected chi connectivity index (χ1v) is 4.71. The van der Waals surface area contributed by atoms with E-state index in [4.69, 9.17) is 15.6 Å². The first kappa shape index (κ1) is 12.6. The maximum Gasteiger partial charge on any atom is 0.133 e. The number of aliphatic hydroxyl groups is 1. The molecule has 0 aliphatic carbocycles. The number of rotatable bonds is 9. The van der Waals surface area contributed by atoms with Crippen LogP contribution in [0.3, 0.4) is 0 Å². The highest BCUT2D eigenvalue weighted by molar-refractivity contribution is 5.78.